The SMILES string of the molecule is CCc1ccccc1C(=O)N1CCCC(c2ccn[nH]2)C1. The van der Waals surface area contributed by atoms with Gasteiger partial charge >= 0.3 is 0 Å². The Morgan fingerprint density at radius 3 is 3.00 bits per heavy atom. The monoisotopic (exact) mass is 283 g/mol. The summed E-state index contributed by atoms with van der Waals surface area (Å²) in [7, 11) is 0. The molecule has 1 saturated heterocycles. The maximum atomic E-state index is 12.8. The second-order valence-electron chi connectivity index (χ2n) is 5.61. The van der Waals surface area contributed by atoms with Crippen molar-refractivity contribution in [3.05, 3.63) is 53.3 Å². The van der Waals surface area contributed by atoms with Gasteiger partial charge in [0.05, 0.1) is 0 Å². The van der Waals surface area contributed by atoms with E-state index in [0.29, 0.717) is 5.92 Å². The van der Waals surface area contributed by atoms with Gasteiger partial charge in [-0.2, -0.15) is 5.10 Å². The molecule has 1 unspecified atom stereocenters. The molecule has 1 atom stereocenters. The van der Waals surface area contributed by atoms with Gasteiger partial charge in [-0.3, -0.25) is 9.89 Å². The average molecular weight is 283 g/mol. The highest BCUT2D eigenvalue weighted by Gasteiger charge is 2.26. The minimum atomic E-state index is 0.164. The molecule has 110 valence electrons. The van der Waals surface area contributed by atoms with Gasteiger partial charge in [-0.25, -0.2) is 0 Å². The van der Waals surface area contributed by atoms with Crippen molar-refractivity contribution in [2.75, 3.05) is 13.1 Å². The van der Waals surface area contributed by atoms with Crippen LogP contribution in [-0.4, -0.2) is 34.1 Å². The van der Waals surface area contributed by atoms with Crippen LogP contribution >= 0.6 is 0 Å². The molecule has 1 aliphatic heterocycles. The number of aromatic nitrogens is 2. The number of amides is 1. The lowest BCUT2D eigenvalue weighted by atomic mass is 9.94. The largest absolute Gasteiger partial charge is 0.338 e. The molecule has 4 heteroatoms. The number of carbonyl (C=O) groups is 1. The highest BCUT2D eigenvalue weighted by Crippen LogP contribution is 2.26. The number of H-pyrrole nitrogens is 1. The number of hydrogen-bond donors (Lipinski definition) is 1. The zero-order valence-corrected chi connectivity index (χ0v) is 12.4. The van der Waals surface area contributed by atoms with E-state index < -0.39 is 0 Å². The predicted molar refractivity (Wildman–Crippen MR) is 82.3 cm³/mol. The van der Waals surface area contributed by atoms with E-state index in [4.69, 9.17) is 0 Å². The summed E-state index contributed by atoms with van der Waals surface area (Å²) in [6.07, 6.45) is 4.83. The molecule has 4 nitrogen and oxygen atoms in total. The summed E-state index contributed by atoms with van der Waals surface area (Å²) in [5, 5.41) is 7.07. The van der Waals surface area contributed by atoms with Crippen LogP contribution in [0.15, 0.2) is 36.5 Å². The second kappa shape index (κ2) is 6.12. The van der Waals surface area contributed by atoms with Crippen LogP contribution in [0.4, 0.5) is 0 Å². The molecule has 2 aromatic rings. The summed E-state index contributed by atoms with van der Waals surface area (Å²) in [5.74, 6) is 0.538. The van der Waals surface area contributed by atoms with Crippen LogP contribution in [0.5, 0.6) is 0 Å². The molecule has 1 aromatic carbocycles. The molecule has 1 N–H and O–H groups in total. The number of aryl methyl sites for hydroxylation is 1. The zero-order valence-electron chi connectivity index (χ0n) is 12.4. The summed E-state index contributed by atoms with van der Waals surface area (Å²) in [4.78, 5) is 14.8. The molecule has 3 rings (SSSR count). The summed E-state index contributed by atoms with van der Waals surface area (Å²) >= 11 is 0. The smallest absolute Gasteiger partial charge is 0.254 e. The van der Waals surface area contributed by atoms with E-state index in [0.717, 1.165) is 49.2 Å². The maximum absolute atomic E-state index is 12.8. The number of rotatable bonds is 3. The zero-order chi connectivity index (χ0) is 14.7. The summed E-state index contributed by atoms with van der Waals surface area (Å²) in [6, 6.07) is 9.95. The van der Waals surface area contributed by atoms with Gasteiger partial charge in [0, 0.05) is 36.5 Å². The van der Waals surface area contributed by atoms with Gasteiger partial charge in [0.15, 0.2) is 0 Å². The molecule has 0 spiro atoms. The lowest BCUT2D eigenvalue weighted by molar-refractivity contribution is 0.0705. The standard InChI is InChI=1S/C17H21N3O/c1-2-13-6-3-4-8-15(13)17(21)20-11-5-7-14(12-20)16-9-10-18-19-16/h3-4,6,8-10,14H,2,5,7,11-12H2,1H3,(H,18,19). The lowest BCUT2D eigenvalue weighted by Crippen LogP contribution is -2.39. The maximum Gasteiger partial charge on any atom is 0.254 e. The van der Waals surface area contributed by atoms with E-state index in [-0.39, 0.29) is 5.91 Å². The Kier molecular flexibility index (Phi) is 4.04. The summed E-state index contributed by atoms with van der Waals surface area (Å²) in [6.45, 7) is 3.72. The Bertz CT molecular complexity index is 606. The van der Waals surface area contributed by atoms with Crippen molar-refractivity contribution in [1.29, 1.82) is 0 Å². The van der Waals surface area contributed by atoms with Gasteiger partial charge in [0.1, 0.15) is 0 Å². The first-order valence-electron chi connectivity index (χ1n) is 7.66. The predicted octanol–water partition coefficient (Wildman–Crippen LogP) is 2.99. The van der Waals surface area contributed by atoms with Gasteiger partial charge in [0.25, 0.3) is 5.91 Å². The highest BCUT2D eigenvalue weighted by atomic mass is 16.2. The van der Waals surface area contributed by atoms with E-state index >= 15 is 0 Å². The van der Waals surface area contributed by atoms with Crippen molar-refractivity contribution in [1.82, 2.24) is 15.1 Å². The first-order valence-corrected chi connectivity index (χ1v) is 7.66. The van der Waals surface area contributed by atoms with Crippen molar-refractivity contribution in [3.63, 3.8) is 0 Å². The second-order valence-corrected chi connectivity index (χ2v) is 5.61. The highest BCUT2D eigenvalue weighted by molar-refractivity contribution is 5.95. The first kappa shape index (κ1) is 13.9. The fourth-order valence-electron chi connectivity index (χ4n) is 3.12. The molecule has 0 saturated carbocycles. The van der Waals surface area contributed by atoms with Crippen molar-refractivity contribution in [2.45, 2.75) is 32.1 Å². The van der Waals surface area contributed by atoms with Crippen LogP contribution in [0.25, 0.3) is 0 Å². The first-order chi connectivity index (χ1) is 10.3. The number of benzene rings is 1. The van der Waals surface area contributed by atoms with Gasteiger partial charge in [-0.15, -0.1) is 0 Å². The Labute approximate surface area is 125 Å². The van der Waals surface area contributed by atoms with E-state index in [2.05, 4.69) is 17.1 Å². The topological polar surface area (TPSA) is 49.0 Å². The molecule has 21 heavy (non-hydrogen) atoms. The molecule has 1 amide bonds. The Morgan fingerprint density at radius 1 is 1.38 bits per heavy atom. The van der Waals surface area contributed by atoms with Crippen LogP contribution in [0.2, 0.25) is 0 Å². The van der Waals surface area contributed by atoms with Crippen LogP contribution in [0, 0.1) is 0 Å². The molecule has 0 aliphatic carbocycles. The van der Waals surface area contributed by atoms with E-state index in [1.54, 1.807) is 6.20 Å². The fourth-order valence-corrected chi connectivity index (χ4v) is 3.12. The van der Waals surface area contributed by atoms with Gasteiger partial charge in [-0.05, 0) is 37.0 Å². The van der Waals surface area contributed by atoms with E-state index in [1.165, 1.54) is 0 Å². The quantitative estimate of drug-likeness (QED) is 0.941. The van der Waals surface area contributed by atoms with Gasteiger partial charge < -0.3 is 4.90 Å². The summed E-state index contributed by atoms with van der Waals surface area (Å²) < 4.78 is 0. The van der Waals surface area contributed by atoms with Gasteiger partial charge in [-0.1, -0.05) is 25.1 Å². The van der Waals surface area contributed by atoms with Crippen LogP contribution in [0.3, 0.4) is 0 Å². The molecular formula is C17H21N3O. The van der Waals surface area contributed by atoms with E-state index in [9.17, 15) is 4.79 Å². The minimum Gasteiger partial charge on any atom is -0.338 e. The minimum absolute atomic E-state index is 0.164. The molecule has 2 heterocycles. The van der Waals surface area contributed by atoms with Gasteiger partial charge in [0.2, 0.25) is 0 Å². The number of nitrogens with zero attached hydrogens (tertiary/aromatic N) is 2. The fraction of sp³-hybridized carbons (Fsp3) is 0.412. The number of aromatic amines is 1. The lowest BCUT2D eigenvalue weighted by Gasteiger charge is -2.32. The number of piperidine rings is 1. The van der Waals surface area contributed by atoms with Crippen molar-refractivity contribution >= 4 is 5.91 Å². The van der Waals surface area contributed by atoms with Crippen molar-refractivity contribution in [2.24, 2.45) is 0 Å². The number of nitrogens with one attached hydrogen (secondary N) is 1. The van der Waals surface area contributed by atoms with Crippen molar-refractivity contribution in [3.8, 4) is 0 Å². The van der Waals surface area contributed by atoms with Crippen molar-refractivity contribution < 1.29 is 4.79 Å². The number of carbonyl (C=O) groups excluding carboxylic acids is 1. The third-order valence-corrected chi connectivity index (χ3v) is 4.30. The Balaban J connectivity index is 1.78. The van der Waals surface area contributed by atoms with Crippen LogP contribution in [0.1, 0.15) is 47.3 Å². The van der Waals surface area contributed by atoms with E-state index in [1.807, 2.05) is 35.2 Å². The van der Waals surface area contributed by atoms with Crippen LogP contribution in [-0.2, 0) is 6.42 Å². The molecule has 1 aliphatic rings. The average Bonchev–Trinajstić information content (AvgIpc) is 3.09. The normalized spacial score (nSPS) is 18.7. The number of likely N-dealkylation sites (tertiary alicyclic amines) is 1. The molecule has 0 radical (unpaired) electrons. The van der Waals surface area contributed by atoms with Crippen LogP contribution < -0.4 is 0 Å². The Morgan fingerprint density at radius 2 is 2.24 bits per heavy atom. The third-order valence-electron chi connectivity index (χ3n) is 4.30. The summed E-state index contributed by atoms with van der Waals surface area (Å²) in [5.41, 5.74) is 3.12. The number of hydrogen-bond acceptors (Lipinski definition) is 2. The molecule has 0 bridgehead atoms. The molecule has 1 aromatic heterocycles. The molecule has 1 fully saturated rings. The molecular weight excluding hydrogens is 262 g/mol. The third kappa shape index (κ3) is 2.84. The Hall–Kier alpha value is -2.10.